The second-order valence-electron chi connectivity index (χ2n) is 4.75. The standard InChI is InChI=1S/C18H18O4S/c1-21-17-7-3-5-15(13-17)9-11-23(19,20)12-10-16-6-4-8-18(14-16)22-2/h3-14H,1-2H3. The van der Waals surface area contributed by atoms with E-state index >= 15 is 0 Å². The van der Waals surface area contributed by atoms with Crippen LogP contribution < -0.4 is 9.47 Å². The van der Waals surface area contributed by atoms with E-state index in [1.54, 1.807) is 62.8 Å². The summed E-state index contributed by atoms with van der Waals surface area (Å²) in [6.45, 7) is 0. The molecule has 2 rings (SSSR count). The molecule has 0 atom stereocenters. The van der Waals surface area contributed by atoms with Crippen LogP contribution in [-0.2, 0) is 9.84 Å². The van der Waals surface area contributed by atoms with E-state index in [0.717, 1.165) is 11.1 Å². The fraction of sp³-hybridized carbons (Fsp3) is 0.111. The molecule has 0 aliphatic rings. The summed E-state index contributed by atoms with van der Waals surface area (Å²) in [5.41, 5.74) is 1.51. The van der Waals surface area contributed by atoms with E-state index in [2.05, 4.69) is 0 Å². The minimum atomic E-state index is -3.46. The highest BCUT2D eigenvalue weighted by atomic mass is 32.2. The molecular weight excluding hydrogens is 312 g/mol. The molecule has 0 amide bonds. The largest absolute Gasteiger partial charge is 0.497 e. The van der Waals surface area contributed by atoms with Gasteiger partial charge in [0.05, 0.1) is 14.2 Å². The molecule has 0 aliphatic carbocycles. The molecule has 23 heavy (non-hydrogen) atoms. The first-order chi connectivity index (χ1) is 11.0. The predicted octanol–water partition coefficient (Wildman–Crippen LogP) is 3.76. The average molecular weight is 330 g/mol. The van der Waals surface area contributed by atoms with Crippen LogP contribution in [0.1, 0.15) is 11.1 Å². The molecule has 0 N–H and O–H groups in total. The molecule has 120 valence electrons. The molecule has 0 heterocycles. The zero-order valence-corrected chi connectivity index (χ0v) is 13.8. The third-order valence-electron chi connectivity index (χ3n) is 3.09. The zero-order chi connectivity index (χ0) is 16.7. The number of methoxy groups -OCH3 is 2. The smallest absolute Gasteiger partial charge is 0.193 e. The second kappa shape index (κ2) is 7.65. The maximum Gasteiger partial charge on any atom is 0.193 e. The minimum absolute atomic E-state index is 0.677. The molecular formula is C18H18O4S. The average Bonchev–Trinajstić information content (AvgIpc) is 2.59. The van der Waals surface area contributed by atoms with Gasteiger partial charge < -0.3 is 9.47 Å². The van der Waals surface area contributed by atoms with Gasteiger partial charge in [-0.2, -0.15) is 0 Å². The van der Waals surface area contributed by atoms with E-state index in [4.69, 9.17) is 9.47 Å². The lowest BCUT2D eigenvalue weighted by Gasteiger charge is -2.00. The Bertz CT molecular complexity index is 757. The van der Waals surface area contributed by atoms with Crippen LogP contribution >= 0.6 is 0 Å². The molecule has 0 saturated heterocycles. The summed E-state index contributed by atoms with van der Waals surface area (Å²) in [7, 11) is -0.328. The topological polar surface area (TPSA) is 52.6 Å². The van der Waals surface area contributed by atoms with Gasteiger partial charge in [0.1, 0.15) is 11.5 Å². The summed E-state index contributed by atoms with van der Waals surface area (Å²) < 4.78 is 34.3. The lowest BCUT2D eigenvalue weighted by Crippen LogP contribution is -1.89. The van der Waals surface area contributed by atoms with Gasteiger partial charge in [0.15, 0.2) is 9.84 Å². The van der Waals surface area contributed by atoms with Gasteiger partial charge in [-0.25, -0.2) is 8.42 Å². The Labute approximate surface area is 136 Å². The molecule has 0 aliphatic heterocycles. The van der Waals surface area contributed by atoms with Crippen LogP contribution in [0.2, 0.25) is 0 Å². The number of hydrogen-bond acceptors (Lipinski definition) is 4. The summed E-state index contributed by atoms with van der Waals surface area (Å²) in [5.74, 6) is 1.35. The van der Waals surface area contributed by atoms with Crippen LogP contribution in [0.15, 0.2) is 59.3 Å². The maximum atomic E-state index is 12.1. The second-order valence-corrected chi connectivity index (χ2v) is 6.47. The van der Waals surface area contributed by atoms with Gasteiger partial charge >= 0.3 is 0 Å². The van der Waals surface area contributed by atoms with Crippen molar-refractivity contribution in [2.75, 3.05) is 14.2 Å². The fourth-order valence-electron chi connectivity index (χ4n) is 1.88. The van der Waals surface area contributed by atoms with Gasteiger partial charge in [0.2, 0.25) is 0 Å². The van der Waals surface area contributed by atoms with Gasteiger partial charge in [-0.05, 0) is 47.5 Å². The van der Waals surface area contributed by atoms with Crippen LogP contribution in [0.4, 0.5) is 0 Å². The predicted molar refractivity (Wildman–Crippen MR) is 93.0 cm³/mol. The van der Waals surface area contributed by atoms with Crippen LogP contribution in [0, 0.1) is 0 Å². The van der Waals surface area contributed by atoms with Crippen LogP contribution in [0.25, 0.3) is 12.2 Å². The van der Waals surface area contributed by atoms with Gasteiger partial charge in [0.25, 0.3) is 0 Å². The number of ether oxygens (including phenoxy) is 2. The normalized spacial score (nSPS) is 11.9. The van der Waals surface area contributed by atoms with Crippen LogP contribution in [0.5, 0.6) is 11.5 Å². The van der Waals surface area contributed by atoms with Gasteiger partial charge in [-0.1, -0.05) is 24.3 Å². The van der Waals surface area contributed by atoms with Gasteiger partial charge in [0, 0.05) is 10.8 Å². The molecule has 5 heteroatoms. The minimum Gasteiger partial charge on any atom is -0.497 e. The van der Waals surface area contributed by atoms with Crippen molar-refractivity contribution in [3.8, 4) is 11.5 Å². The molecule has 2 aromatic carbocycles. The van der Waals surface area contributed by atoms with Crippen LogP contribution in [-0.4, -0.2) is 22.6 Å². The van der Waals surface area contributed by atoms with E-state index in [9.17, 15) is 8.42 Å². The summed E-state index contributed by atoms with van der Waals surface area (Å²) in [4.78, 5) is 0. The first-order valence-corrected chi connectivity index (χ1v) is 8.53. The van der Waals surface area contributed by atoms with E-state index in [1.165, 1.54) is 23.0 Å². The lowest BCUT2D eigenvalue weighted by atomic mass is 10.2. The van der Waals surface area contributed by atoms with Crippen molar-refractivity contribution in [3.63, 3.8) is 0 Å². The van der Waals surface area contributed by atoms with Crippen molar-refractivity contribution in [2.24, 2.45) is 0 Å². The number of benzene rings is 2. The molecule has 0 fully saturated rings. The highest BCUT2D eigenvalue weighted by Gasteiger charge is 2.01. The summed E-state index contributed by atoms with van der Waals surface area (Å²) in [5, 5.41) is 2.33. The van der Waals surface area contributed by atoms with E-state index in [-0.39, 0.29) is 0 Å². The number of hydrogen-bond donors (Lipinski definition) is 0. The van der Waals surface area contributed by atoms with Gasteiger partial charge in [-0.15, -0.1) is 0 Å². The van der Waals surface area contributed by atoms with Crippen LogP contribution in [0.3, 0.4) is 0 Å². The van der Waals surface area contributed by atoms with Crippen molar-refractivity contribution < 1.29 is 17.9 Å². The highest BCUT2D eigenvalue weighted by Crippen LogP contribution is 2.16. The molecule has 0 spiro atoms. The Morgan fingerprint density at radius 1 is 0.783 bits per heavy atom. The molecule has 0 saturated carbocycles. The molecule has 0 aromatic heterocycles. The molecule has 2 aromatic rings. The summed E-state index contributed by atoms with van der Waals surface area (Å²) >= 11 is 0. The Morgan fingerprint density at radius 3 is 1.61 bits per heavy atom. The third kappa shape index (κ3) is 5.30. The SMILES string of the molecule is COc1cccc(C=CS(=O)(=O)C=Cc2cccc(OC)c2)c1. The Morgan fingerprint density at radius 2 is 1.22 bits per heavy atom. The fourth-order valence-corrected chi connectivity index (χ4v) is 2.67. The van der Waals surface area contributed by atoms with Gasteiger partial charge in [-0.3, -0.25) is 0 Å². The number of rotatable bonds is 6. The van der Waals surface area contributed by atoms with E-state index < -0.39 is 9.84 Å². The third-order valence-corrected chi connectivity index (χ3v) is 4.12. The quantitative estimate of drug-likeness (QED) is 0.809. The monoisotopic (exact) mass is 330 g/mol. The first kappa shape index (κ1) is 16.8. The lowest BCUT2D eigenvalue weighted by molar-refractivity contribution is 0.414. The maximum absolute atomic E-state index is 12.1. The number of sulfone groups is 1. The Hall–Kier alpha value is -2.53. The van der Waals surface area contributed by atoms with E-state index in [0.29, 0.717) is 11.5 Å². The first-order valence-electron chi connectivity index (χ1n) is 6.92. The molecule has 4 nitrogen and oxygen atoms in total. The van der Waals surface area contributed by atoms with Crippen molar-refractivity contribution in [3.05, 3.63) is 70.5 Å². The van der Waals surface area contributed by atoms with E-state index in [1.807, 2.05) is 0 Å². The Balaban J connectivity index is 2.14. The van der Waals surface area contributed by atoms with Crippen molar-refractivity contribution in [1.82, 2.24) is 0 Å². The molecule has 0 radical (unpaired) electrons. The molecule has 0 bridgehead atoms. The summed E-state index contributed by atoms with van der Waals surface area (Å²) in [6.07, 6.45) is 3.07. The molecule has 0 unspecified atom stereocenters. The zero-order valence-electron chi connectivity index (χ0n) is 13.0. The van der Waals surface area contributed by atoms with Crippen molar-refractivity contribution in [2.45, 2.75) is 0 Å². The Kier molecular flexibility index (Phi) is 5.60. The van der Waals surface area contributed by atoms with Crippen molar-refractivity contribution >= 4 is 22.0 Å². The van der Waals surface area contributed by atoms with Crippen molar-refractivity contribution in [1.29, 1.82) is 0 Å². The highest BCUT2D eigenvalue weighted by molar-refractivity contribution is 7.97. The summed E-state index contributed by atoms with van der Waals surface area (Å²) in [6, 6.07) is 14.3.